The monoisotopic (exact) mass is 349 g/mol. The predicted octanol–water partition coefficient (Wildman–Crippen LogP) is 4.70. The van der Waals surface area contributed by atoms with Gasteiger partial charge in [-0.3, -0.25) is 4.79 Å². The van der Waals surface area contributed by atoms with Crippen molar-refractivity contribution in [3.05, 3.63) is 68.9 Å². The van der Waals surface area contributed by atoms with E-state index in [0.29, 0.717) is 5.56 Å². The maximum atomic E-state index is 13.5. The molecule has 0 aliphatic heterocycles. The van der Waals surface area contributed by atoms with Crippen LogP contribution in [0.2, 0.25) is 0 Å². The minimum absolute atomic E-state index is 0.146. The van der Waals surface area contributed by atoms with Crippen LogP contribution in [0, 0.1) is 19.7 Å². The first-order chi connectivity index (χ1) is 9.90. The molecule has 1 unspecified atom stereocenters. The zero-order valence-electron chi connectivity index (χ0n) is 12.2. The van der Waals surface area contributed by atoms with Gasteiger partial charge in [0.25, 0.3) is 5.91 Å². The molecular weight excluding hydrogens is 333 g/mol. The fourth-order valence-electron chi connectivity index (χ4n) is 2.26. The molecule has 2 aromatic carbocycles. The standard InChI is InChI=1S/C17H17BrFNO/c1-10-7-8-11(2)14(9-10)12(3)20-17(21)13-5-4-6-15(19)16(13)18/h4-9,12H,1-3H3,(H,20,21). The van der Waals surface area contributed by atoms with Gasteiger partial charge >= 0.3 is 0 Å². The van der Waals surface area contributed by atoms with Crippen LogP contribution in [-0.2, 0) is 0 Å². The van der Waals surface area contributed by atoms with Gasteiger partial charge in [-0.15, -0.1) is 0 Å². The van der Waals surface area contributed by atoms with Crippen molar-refractivity contribution in [3.8, 4) is 0 Å². The van der Waals surface area contributed by atoms with Gasteiger partial charge in [0.2, 0.25) is 0 Å². The van der Waals surface area contributed by atoms with E-state index >= 15 is 0 Å². The molecule has 0 aromatic heterocycles. The predicted molar refractivity (Wildman–Crippen MR) is 85.9 cm³/mol. The van der Waals surface area contributed by atoms with Gasteiger partial charge in [-0.25, -0.2) is 4.39 Å². The molecule has 0 saturated heterocycles. The van der Waals surface area contributed by atoms with Gasteiger partial charge in [0.05, 0.1) is 16.1 Å². The van der Waals surface area contributed by atoms with Crippen molar-refractivity contribution in [3.63, 3.8) is 0 Å². The summed E-state index contributed by atoms with van der Waals surface area (Å²) in [7, 11) is 0. The number of carbonyl (C=O) groups excluding carboxylic acids is 1. The maximum absolute atomic E-state index is 13.5. The fourth-order valence-corrected chi connectivity index (χ4v) is 2.70. The highest BCUT2D eigenvalue weighted by atomic mass is 79.9. The normalized spacial score (nSPS) is 12.0. The molecule has 0 bridgehead atoms. The second-order valence-corrected chi connectivity index (χ2v) is 5.95. The molecule has 0 saturated carbocycles. The molecule has 1 atom stereocenters. The van der Waals surface area contributed by atoms with Gasteiger partial charge in [-0.2, -0.15) is 0 Å². The molecule has 0 fully saturated rings. The van der Waals surface area contributed by atoms with Gasteiger partial charge in [-0.05, 0) is 60.0 Å². The Kier molecular flexibility index (Phi) is 4.78. The highest BCUT2D eigenvalue weighted by Crippen LogP contribution is 2.23. The lowest BCUT2D eigenvalue weighted by Gasteiger charge is -2.18. The molecular formula is C17H17BrFNO. The topological polar surface area (TPSA) is 29.1 Å². The lowest BCUT2D eigenvalue weighted by atomic mass is 10.00. The molecule has 0 aliphatic carbocycles. The Labute approximate surface area is 132 Å². The number of hydrogen-bond acceptors (Lipinski definition) is 1. The molecule has 0 heterocycles. The van der Waals surface area contributed by atoms with E-state index in [1.165, 1.54) is 12.1 Å². The lowest BCUT2D eigenvalue weighted by Crippen LogP contribution is -2.27. The zero-order valence-corrected chi connectivity index (χ0v) is 13.8. The van der Waals surface area contributed by atoms with Crippen molar-refractivity contribution in [2.75, 3.05) is 0 Å². The Balaban J connectivity index is 2.23. The largest absolute Gasteiger partial charge is 0.345 e. The van der Waals surface area contributed by atoms with Crippen LogP contribution < -0.4 is 5.32 Å². The summed E-state index contributed by atoms with van der Waals surface area (Å²) in [4.78, 5) is 12.3. The highest BCUT2D eigenvalue weighted by Gasteiger charge is 2.17. The Morgan fingerprint density at radius 1 is 1.24 bits per heavy atom. The van der Waals surface area contributed by atoms with Crippen LogP contribution >= 0.6 is 15.9 Å². The number of carbonyl (C=O) groups is 1. The molecule has 0 radical (unpaired) electrons. The molecule has 1 amide bonds. The van der Waals surface area contributed by atoms with Crippen LogP contribution in [-0.4, -0.2) is 5.91 Å². The first-order valence-electron chi connectivity index (χ1n) is 6.72. The van der Waals surface area contributed by atoms with Crippen LogP contribution in [0.3, 0.4) is 0 Å². The van der Waals surface area contributed by atoms with Crippen molar-refractivity contribution in [2.45, 2.75) is 26.8 Å². The summed E-state index contributed by atoms with van der Waals surface area (Å²) in [5, 5.41) is 2.91. The molecule has 2 rings (SSSR count). The average Bonchev–Trinajstić information content (AvgIpc) is 2.44. The Hall–Kier alpha value is -1.68. The van der Waals surface area contributed by atoms with E-state index in [4.69, 9.17) is 0 Å². The van der Waals surface area contributed by atoms with Crippen LogP contribution in [0.5, 0.6) is 0 Å². The van der Waals surface area contributed by atoms with Crippen LogP contribution in [0.4, 0.5) is 4.39 Å². The summed E-state index contributed by atoms with van der Waals surface area (Å²) in [5.41, 5.74) is 3.62. The minimum Gasteiger partial charge on any atom is -0.345 e. The molecule has 4 heteroatoms. The van der Waals surface area contributed by atoms with Gasteiger partial charge in [0.15, 0.2) is 0 Å². The van der Waals surface area contributed by atoms with Gasteiger partial charge in [0, 0.05) is 0 Å². The molecule has 1 N–H and O–H groups in total. The quantitative estimate of drug-likeness (QED) is 0.855. The molecule has 110 valence electrons. The van der Waals surface area contributed by atoms with E-state index in [9.17, 15) is 9.18 Å². The maximum Gasteiger partial charge on any atom is 0.253 e. The summed E-state index contributed by atoms with van der Waals surface area (Å²) in [5.74, 6) is -0.739. The summed E-state index contributed by atoms with van der Waals surface area (Å²) in [6.07, 6.45) is 0. The second kappa shape index (κ2) is 6.39. The first-order valence-corrected chi connectivity index (χ1v) is 7.51. The van der Waals surface area contributed by atoms with Crippen molar-refractivity contribution in [1.82, 2.24) is 5.32 Å². The second-order valence-electron chi connectivity index (χ2n) is 5.16. The van der Waals surface area contributed by atoms with E-state index in [-0.39, 0.29) is 16.4 Å². The molecule has 0 spiro atoms. The minimum atomic E-state index is -0.443. The van der Waals surface area contributed by atoms with Crippen molar-refractivity contribution < 1.29 is 9.18 Å². The number of nitrogens with one attached hydrogen (secondary N) is 1. The van der Waals surface area contributed by atoms with Crippen LogP contribution in [0.15, 0.2) is 40.9 Å². The van der Waals surface area contributed by atoms with E-state index in [1.807, 2.05) is 32.9 Å². The summed E-state index contributed by atoms with van der Waals surface area (Å²) >= 11 is 3.12. The molecule has 0 aliphatic rings. The lowest BCUT2D eigenvalue weighted by molar-refractivity contribution is 0.0938. The third-order valence-electron chi connectivity index (χ3n) is 3.45. The average molecular weight is 350 g/mol. The van der Waals surface area contributed by atoms with E-state index < -0.39 is 5.82 Å². The van der Waals surface area contributed by atoms with Crippen molar-refractivity contribution in [1.29, 1.82) is 0 Å². The number of rotatable bonds is 3. The smallest absolute Gasteiger partial charge is 0.253 e. The highest BCUT2D eigenvalue weighted by molar-refractivity contribution is 9.10. The number of amides is 1. The van der Waals surface area contributed by atoms with E-state index in [1.54, 1.807) is 6.07 Å². The molecule has 2 aromatic rings. The van der Waals surface area contributed by atoms with Crippen molar-refractivity contribution in [2.24, 2.45) is 0 Å². The summed E-state index contributed by atoms with van der Waals surface area (Å²) < 4.78 is 13.7. The fraction of sp³-hybridized carbons (Fsp3) is 0.235. The summed E-state index contributed by atoms with van der Waals surface area (Å²) in [6, 6.07) is 10.4. The number of hydrogen-bond donors (Lipinski definition) is 1. The summed E-state index contributed by atoms with van der Waals surface area (Å²) in [6.45, 7) is 5.95. The Bertz CT molecular complexity index is 684. The third-order valence-corrected chi connectivity index (χ3v) is 4.25. The zero-order chi connectivity index (χ0) is 15.6. The van der Waals surface area contributed by atoms with Crippen LogP contribution in [0.25, 0.3) is 0 Å². The number of benzene rings is 2. The first kappa shape index (κ1) is 15.7. The van der Waals surface area contributed by atoms with Crippen molar-refractivity contribution >= 4 is 21.8 Å². The molecule has 2 nitrogen and oxygen atoms in total. The van der Waals surface area contributed by atoms with Crippen LogP contribution in [0.1, 0.15) is 40.0 Å². The van der Waals surface area contributed by atoms with Gasteiger partial charge in [0.1, 0.15) is 5.82 Å². The van der Waals surface area contributed by atoms with Gasteiger partial charge in [-0.1, -0.05) is 29.8 Å². The Morgan fingerprint density at radius 2 is 1.95 bits per heavy atom. The van der Waals surface area contributed by atoms with Gasteiger partial charge < -0.3 is 5.32 Å². The number of aryl methyl sites for hydroxylation is 2. The Morgan fingerprint density at radius 3 is 2.67 bits per heavy atom. The third kappa shape index (κ3) is 3.50. The number of halogens is 2. The van der Waals surface area contributed by atoms with E-state index in [2.05, 4.69) is 27.3 Å². The van der Waals surface area contributed by atoms with E-state index in [0.717, 1.165) is 16.7 Å². The SMILES string of the molecule is Cc1ccc(C)c(C(C)NC(=O)c2cccc(F)c2Br)c1. The molecule has 21 heavy (non-hydrogen) atoms.